The Kier molecular flexibility index (Phi) is 6.05. The van der Waals surface area contributed by atoms with Crippen LogP contribution in [0.25, 0.3) is 27.7 Å². The monoisotopic (exact) mass is 485 g/mol. The molecule has 2 aromatic heterocycles. The van der Waals surface area contributed by atoms with E-state index in [9.17, 15) is 14.4 Å². The zero-order valence-corrected chi connectivity index (χ0v) is 20.1. The summed E-state index contributed by atoms with van der Waals surface area (Å²) in [5.41, 5.74) is 4.57. The molecule has 2 aromatic carbocycles. The number of carbonyl (C=O) groups is 1. The summed E-state index contributed by atoms with van der Waals surface area (Å²) in [5, 5.41) is 12.1. The van der Waals surface area contributed by atoms with Crippen molar-refractivity contribution in [2.24, 2.45) is 0 Å². The van der Waals surface area contributed by atoms with Crippen molar-refractivity contribution in [3.05, 3.63) is 86.8 Å². The fraction of sp³-hybridized carbons (Fsp3) is 0.259. The molecular weight excluding hydrogens is 458 g/mol. The number of aryl methyl sites for hydroxylation is 2. The van der Waals surface area contributed by atoms with Gasteiger partial charge in [-0.25, -0.2) is 14.2 Å². The third kappa shape index (κ3) is 4.35. The number of anilines is 1. The number of aromatic nitrogens is 3. The van der Waals surface area contributed by atoms with Gasteiger partial charge in [-0.3, -0.25) is 9.78 Å². The first-order valence-electron chi connectivity index (χ1n) is 11.9. The average Bonchev–Trinajstić information content (AvgIpc) is 2.83. The number of pyridine rings is 1. The standard InChI is InChI=1S/C27H27N5O4/c1-16-11-17(2)13-18(12-16)21-14-28-15-23(24(21)31-9-7-19(8-10-31)29-27(35)36)32-25(33)20-5-3-4-6-22(20)30-26(32)34/h3-6,11-15,19,29H,7-10H2,1-2H3,(H,30,34)(H,35,36). The van der Waals surface area contributed by atoms with Crippen LogP contribution in [0.2, 0.25) is 0 Å². The molecule has 36 heavy (non-hydrogen) atoms. The Bertz CT molecular complexity index is 1560. The number of carboxylic acid groups (broad SMARTS) is 1. The lowest BCUT2D eigenvalue weighted by atomic mass is 9.97. The molecule has 1 saturated heterocycles. The third-order valence-corrected chi connectivity index (χ3v) is 6.62. The molecule has 0 spiro atoms. The van der Waals surface area contributed by atoms with Gasteiger partial charge in [-0.1, -0.05) is 41.5 Å². The summed E-state index contributed by atoms with van der Waals surface area (Å²) in [6.07, 6.45) is 3.47. The maximum absolute atomic E-state index is 13.5. The van der Waals surface area contributed by atoms with E-state index in [-0.39, 0.29) is 6.04 Å². The van der Waals surface area contributed by atoms with Crippen molar-refractivity contribution >= 4 is 22.7 Å². The van der Waals surface area contributed by atoms with E-state index in [0.29, 0.717) is 42.5 Å². The van der Waals surface area contributed by atoms with Crippen LogP contribution < -0.4 is 21.5 Å². The quantitative estimate of drug-likeness (QED) is 0.406. The molecule has 1 aliphatic heterocycles. The summed E-state index contributed by atoms with van der Waals surface area (Å²) in [4.78, 5) is 47.2. The number of aromatic amines is 1. The van der Waals surface area contributed by atoms with Gasteiger partial charge in [0, 0.05) is 30.9 Å². The third-order valence-electron chi connectivity index (χ3n) is 6.62. The van der Waals surface area contributed by atoms with Gasteiger partial charge < -0.3 is 20.3 Å². The Hall–Kier alpha value is -4.40. The molecule has 3 N–H and O–H groups in total. The molecule has 3 heterocycles. The van der Waals surface area contributed by atoms with Crippen LogP contribution in [-0.4, -0.2) is 44.9 Å². The minimum absolute atomic E-state index is 0.152. The van der Waals surface area contributed by atoms with E-state index in [1.807, 2.05) is 13.8 Å². The molecule has 5 rings (SSSR count). The van der Waals surface area contributed by atoms with E-state index < -0.39 is 17.3 Å². The van der Waals surface area contributed by atoms with Gasteiger partial charge in [0.05, 0.1) is 28.5 Å². The number of rotatable bonds is 4. The highest BCUT2D eigenvalue weighted by Crippen LogP contribution is 2.37. The lowest BCUT2D eigenvalue weighted by Crippen LogP contribution is -2.45. The van der Waals surface area contributed by atoms with Crippen LogP contribution >= 0.6 is 0 Å². The Labute approximate surface area is 207 Å². The first-order valence-corrected chi connectivity index (χ1v) is 11.9. The minimum Gasteiger partial charge on any atom is -0.465 e. The first-order chi connectivity index (χ1) is 17.3. The fourth-order valence-corrected chi connectivity index (χ4v) is 5.08. The molecule has 9 heteroatoms. The number of fused-ring (bicyclic) bond motifs is 1. The van der Waals surface area contributed by atoms with Crippen molar-refractivity contribution in [3.8, 4) is 16.8 Å². The summed E-state index contributed by atoms with van der Waals surface area (Å²) in [7, 11) is 0. The molecule has 0 aliphatic carbocycles. The smallest absolute Gasteiger partial charge is 0.404 e. The zero-order valence-electron chi connectivity index (χ0n) is 20.1. The first kappa shape index (κ1) is 23.3. The van der Waals surface area contributed by atoms with Crippen LogP contribution in [0.3, 0.4) is 0 Å². The molecule has 1 fully saturated rings. The highest BCUT2D eigenvalue weighted by atomic mass is 16.4. The highest BCUT2D eigenvalue weighted by molar-refractivity contribution is 5.85. The number of hydrogen-bond donors (Lipinski definition) is 3. The van der Waals surface area contributed by atoms with Crippen molar-refractivity contribution in [2.75, 3.05) is 18.0 Å². The molecule has 0 radical (unpaired) electrons. The lowest BCUT2D eigenvalue weighted by molar-refractivity contribution is 0.187. The number of para-hydroxylation sites is 1. The number of hydrogen-bond acceptors (Lipinski definition) is 5. The Morgan fingerprint density at radius 3 is 2.44 bits per heavy atom. The fourth-order valence-electron chi connectivity index (χ4n) is 5.08. The number of H-pyrrole nitrogens is 1. The molecule has 9 nitrogen and oxygen atoms in total. The predicted octanol–water partition coefficient (Wildman–Crippen LogP) is 3.59. The van der Waals surface area contributed by atoms with Crippen LogP contribution in [0, 0.1) is 13.8 Å². The van der Waals surface area contributed by atoms with E-state index in [1.165, 1.54) is 0 Å². The highest BCUT2D eigenvalue weighted by Gasteiger charge is 2.27. The Balaban J connectivity index is 1.72. The Morgan fingerprint density at radius 1 is 1.06 bits per heavy atom. The van der Waals surface area contributed by atoms with Crippen LogP contribution in [0.1, 0.15) is 24.0 Å². The largest absolute Gasteiger partial charge is 0.465 e. The van der Waals surface area contributed by atoms with Crippen LogP contribution in [0.4, 0.5) is 10.5 Å². The molecule has 0 atom stereocenters. The average molecular weight is 486 g/mol. The second-order valence-corrected chi connectivity index (χ2v) is 9.26. The molecule has 184 valence electrons. The minimum atomic E-state index is -1.04. The van der Waals surface area contributed by atoms with Crippen molar-refractivity contribution in [2.45, 2.75) is 32.7 Å². The van der Waals surface area contributed by atoms with Gasteiger partial charge in [0.15, 0.2) is 0 Å². The number of nitrogens with one attached hydrogen (secondary N) is 2. The molecule has 0 bridgehead atoms. The summed E-state index contributed by atoms with van der Waals surface area (Å²) < 4.78 is 1.15. The number of amides is 1. The zero-order chi connectivity index (χ0) is 25.4. The number of benzene rings is 2. The van der Waals surface area contributed by atoms with E-state index in [1.54, 1.807) is 36.7 Å². The molecule has 0 unspecified atom stereocenters. The van der Waals surface area contributed by atoms with E-state index >= 15 is 0 Å². The van der Waals surface area contributed by atoms with Gasteiger partial charge in [0.2, 0.25) is 0 Å². The van der Waals surface area contributed by atoms with Crippen molar-refractivity contribution in [3.63, 3.8) is 0 Å². The summed E-state index contributed by atoms with van der Waals surface area (Å²) in [6.45, 7) is 5.16. The van der Waals surface area contributed by atoms with E-state index in [4.69, 9.17) is 5.11 Å². The maximum Gasteiger partial charge on any atom is 0.404 e. The second kappa shape index (κ2) is 9.33. The van der Waals surface area contributed by atoms with Gasteiger partial charge in [-0.15, -0.1) is 0 Å². The van der Waals surface area contributed by atoms with Crippen molar-refractivity contribution in [1.82, 2.24) is 19.9 Å². The van der Waals surface area contributed by atoms with E-state index in [2.05, 4.69) is 38.4 Å². The van der Waals surface area contributed by atoms with Gasteiger partial charge in [-0.05, 0) is 44.4 Å². The SMILES string of the molecule is Cc1cc(C)cc(-c2cncc(-n3c(=O)[nH]c4ccccc4c3=O)c2N2CCC(NC(=O)O)CC2)c1. The maximum atomic E-state index is 13.5. The summed E-state index contributed by atoms with van der Waals surface area (Å²) in [6, 6.07) is 13.0. The van der Waals surface area contributed by atoms with Gasteiger partial charge in [-0.2, -0.15) is 0 Å². The normalized spacial score (nSPS) is 14.2. The van der Waals surface area contributed by atoms with Crippen molar-refractivity contribution < 1.29 is 9.90 Å². The lowest BCUT2D eigenvalue weighted by Gasteiger charge is -2.35. The van der Waals surface area contributed by atoms with Crippen LogP contribution in [0.15, 0.2) is 64.4 Å². The molecular formula is C27H27N5O4. The summed E-state index contributed by atoms with van der Waals surface area (Å²) in [5.74, 6) is 0. The number of piperidine rings is 1. The number of nitrogens with zero attached hydrogens (tertiary/aromatic N) is 3. The molecule has 0 saturated carbocycles. The predicted molar refractivity (Wildman–Crippen MR) is 139 cm³/mol. The second-order valence-electron chi connectivity index (χ2n) is 9.26. The topological polar surface area (TPSA) is 120 Å². The van der Waals surface area contributed by atoms with Crippen molar-refractivity contribution in [1.29, 1.82) is 0 Å². The van der Waals surface area contributed by atoms with Crippen LogP contribution in [-0.2, 0) is 0 Å². The van der Waals surface area contributed by atoms with Gasteiger partial charge in [0.25, 0.3) is 5.56 Å². The van der Waals surface area contributed by atoms with Gasteiger partial charge in [0.1, 0.15) is 0 Å². The van der Waals surface area contributed by atoms with E-state index in [0.717, 1.165) is 32.5 Å². The molecule has 4 aromatic rings. The van der Waals surface area contributed by atoms with Crippen LogP contribution in [0.5, 0.6) is 0 Å². The molecule has 1 aliphatic rings. The van der Waals surface area contributed by atoms with Gasteiger partial charge >= 0.3 is 11.8 Å². The summed E-state index contributed by atoms with van der Waals surface area (Å²) >= 11 is 0. The Morgan fingerprint density at radius 2 is 1.75 bits per heavy atom. The molecule has 1 amide bonds.